The highest BCUT2D eigenvalue weighted by molar-refractivity contribution is 5.20. The maximum absolute atomic E-state index is 6.12. The molecule has 6 heteroatoms. The first-order valence-electron chi connectivity index (χ1n) is 9.41. The van der Waals surface area contributed by atoms with E-state index in [1.807, 2.05) is 13.8 Å². The van der Waals surface area contributed by atoms with Gasteiger partial charge in [0.2, 0.25) is 11.8 Å². The Morgan fingerprint density at radius 1 is 1.04 bits per heavy atom. The van der Waals surface area contributed by atoms with Gasteiger partial charge in [-0.05, 0) is 52.1 Å². The van der Waals surface area contributed by atoms with Crippen molar-refractivity contribution < 1.29 is 13.6 Å². The number of furan rings is 1. The Morgan fingerprint density at radius 3 is 2.60 bits per heavy atom. The molecule has 136 valence electrons. The molecular weight excluding hydrogens is 318 g/mol. The van der Waals surface area contributed by atoms with Gasteiger partial charge < -0.3 is 13.6 Å². The second-order valence-electron chi connectivity index (χ2n) is 7.29. The summed E-state index contributed by atoms with van der Waals surface area (Å²) in [7, 11) is 0. The molecule has 4 heterocycles. The lowest BCUT2D eigenvalue weighted by atomic mass is 10.0. The van der Waals surface area contributed by atoms with E-state index < -0.39 is 0 Å². The molecule has 6 nitrogen and oxygen atoms in total. The number of aryl methyl sites for hydroxylation is 2. The van der Waals surface area contributed by atoms with Gasteiger partial charge in [-0.15, -0.1) is 10.2 Å². The van der Waals surface area contributed by atoms with Gasteiger partial charge in [0, 0.05) is 31.2 Å². The van der Waals surface area contributed by atoms with E-state index in [1.165, 1.54) is 18.4 Å². The van der Waals surface area contributed by atoms with Crippen LogP contribution in [0.3, 0.4) is 0 Å². The minimum absolute atomic E-state index is 0.212. The van der Waals surface area contributed by atoms with E-state index in [2.05, 4.69) is 21.2 Å². The normalized spacial score (nSPS) is 23.2. The smallest absolute Gasteiger partial charge is 0.233 e. The van der Waals surface area contributed by atoms with Crippen molar-refractivity contribution in [1.29, 1.82) is 0 Å². The van der Waals surface area contributed by atoms with Crippen molar-refractivity contribution in [3.63, 3.8) is 0 Å². The summed E-state index contributed by atoms with van der Waals surface area (Å²) >= 11 is 0. The van der Waals surface area contributed by atoms with Crippen molar-refractivity contribution in [1.82, 2.24) is 15.1 Å². The van der Waals surface area contributed by atoms with E-state index in [9.17, 15) is 0 Å². The summed E-state index contributed by atoms with van der Waals surface area (Å²) in [5, 5.41) is 8.77. The van der Waals surface area contributed by atoms with Crippen LogP contribution in [0.4, 0.5) is 0 Å². The summed E-state index contributed by atoms with van der Waals surface area (Å²) in [6.45, 7) is 7.56. The number of piperidine rings is 1. The zero-order chi connectivity index (χ0) is 17.2. The maximum Gasteiger partial charge on any atom is 0.233 e. The summed E-state index contributed by atoms with van der Waals surface area (Å²) in [5.74, 6) is 3.90. The molecule has 2 aromatic heterocycles. The molecule has 2 saturated heterocycles. The molecule has 2 aliphatic rings. The number of likely N-dealkylation sites (tertiary alicyclic amines) is 1. The van der Waals surface area contributed by atoms with Crippen molar-refractivity contribution in [3.05, 3.63) is 34.9 Å². The lowest BCUT2D eigenvalue weighted by molar-refractivity contribution is 0.0768. The first-order chi connectivity index (χ1) is 12.2. The van der Waals surface area contributed by atoms with Gasteiger partial charge in [-0.1, -0.05) is 6.42 Å². The summed E-state index contributed by atoms with van der Waals surface area (Å²) in [5.41, 5.74) is 1.26. The van der Waals surface area contributed by atoms with Crippen molar-refractivity contribution in [2.75, 3.05) is 19.8 Å². The molecule has 2 aliphatic heterocycles. The largest absolute Gasteiger partial charge is 0.466 e. The number of rotatable bonds is 4. The van der Waals surface area contributed by atoms with E-state index >= 15 is 0 Å². The Morgan fingerprint density at radius 2 is 1.84 bits per heavy atom. The first-order valence-corrected chi connectivity index (χ1v) is 9.41. The maximum atomic E-state index is 6.12. The van der Waals surface area contributed by atoms with Gasteiger partial charge in [0.15, 0.2) is 0 Å². The highest BCUT2D eigenvalue weighted by Gasteiger charge is 2.31. The monoisotopic (exact) mass is 345 g/mol. The molecule has 0 bridgehead atoms. The lowest BCUT2D eigenvalue weighted by Gasteiger charge is -2.33. The van der Waals surface area contributed by atoms with E-state index in [-0.39, 0.29) is 6.04 Å². The number of hydrogen-bond acceptors (Lipinski definition) is 6. The molecule has 0 aliphatic carbocycles. The van der Waals surface area contributed by atoms with Gasteiger partial charge in [0.1, 0.15) is 11.5 Å². The average molecular weight is 345 g/mol. The number of nitrogens with zero attached hydrogens (tertiary/aromatic N) is 3. The predicted octanol–water partition coefficient (Wildman–Crippen LogP) is 3.90. The van der Waals surface area contributed by atoms with Gasteiger partial charge >= 0.3 is 0 Å². The quantitative estimate of drug-likeness (QED) is 0.837. The van der Waals surface area contributed by atoms with Gasteiger partial charge in [0.05, 0.1) is 6.04 Å². The fourth-order valence-corrected chi connectivity index (χ4v) is 4.01. The molecule has 2 aromatic rings. The molecule has 0 spiro atoms. The lowest BCUT2D eigenvalue weighted by Crippen LogP contribution is -2.33. The van der Waals surface area contributed by atoms with Crippen LogP contribution in [0.2, 0.25) is 0 Å². The minimum Gasteiger partial charge on any atom is -0.466 e. The molecule has 0 N–H and O–H groups in total. The highest BCUT2D eigenvalue weighted by atomic mass is 16.5. The third-order valence-electron chi connectivity index (χ3n) is 5.44. The zero-order valence-electron chi connectivity index (χ0n) is 15.2. The Labute approximate surface area is 148 Å². The number of ether oxygens (including phenoxy) is 1. The summed E-state index contributed by atoms with van der Waals surface area (Å²) in [6.07, 6.45) is 5.45. The van der Waals surface area contributed by atoms with Crippen LogP contribution >= 0.6 is 0 Å². The standard InChI is InChI=1S/C19H27N3O3/c1-13-11-16(14(2)24-13)12-22-8-4-3-5-17(22)19-21-20-18(25-19)15-6-9-23-10-7-15/h11,15,17H,3-10,12H2,1-2H3/t17-/m0/s1. The molecule has 0 saturated carbocycles. The van der Waals surface area contributed by atoms with E-state index in [0.717, 1.165) is 68.9 Å². The molecule has 0 aromatic carbocycles. The van der Waals surface area contributed by atoms with Crippen LogP contribution in [0.15, 0.2) is 14.9 Å². The van der Waals surface area contributed by atoms with Crippen LogP contribution in [0, 0.1) is 13.8 Å². The fourth-order valence-electron chi connectivity index (χ4n) is 4.01. The van der Waals surface area contributed by atoms with Gasteiger partial charge in [-0.3, -0.25) is 4.90 Å². The van der Waals surface area contributed by atoms with Crippen molar-refractivity contribution >= 4 is 0 Å². The second-order valence-corrected chi connectivity index (χ2v) is 7.29. The number of hydrogen-bond donors (Lipinski definition) is 0. The number of aromatic nitrogens is 2. The van der Waals surface area contributed by atoms with Gasteiger partial charge in [-0.2, -0.15) is 0 Å². The molecule has 0 radical (unpaired) electrons. The topological polar surface area (TPSA) is 64.5 Å². The molecular formula is C19H27N3O3. The van der Waals surface area contributed by atoms with Crippen LogP contribution in [0.1, 0.15) is 72.9 Å². The first kappa shape index (κ1) is 16.8. The summed E-state index contributed by atoms with van der Waals surface area (Å²) in [4.78, 5) is 2.46. The molecule has 0 unspecified atom stereocenters. The molecule has 25 heavy (non-hydrogen) atoms. The molecule has 2 fully saturated rings. The van der Waals surface area contributed by atoms with Gasteiger partial charge in [-0.25, -0.2) is 0 Å². The molecule has 1 atom stereocenters. The third kappa shape index (κ3) is 3.65. The van der Waals surface area contributed by atoms with E-state index in [0.29, 0.717) is 5.92 Å². The fraction of sp³-hybridized carbons (Fsp3) is 0.684. The van der Waals surface area contributed by atoms with Crippen molar-refractivity contribution in [2.24, 2.45) is 0 Å². The Hall–Kier alpha value is -1.66. The minimum atomic E-state index is 0.212. The molecule has 4 rings (SSSR count). The summed E-state index contributed by atoms with van der Waals surface area (Å²) in [6, 6.07) is 2.35. The van der Waals surface area contributed by atoms with Gasteiger partial charge in [0.25, 0.3) is 0 Å². The Kier molecular flexibility index (Phi) is 4.90. The van der Waals surface area contributed by atoms with Crippen LogP contribution in [-0.4, -0.2) is 34.9 Å². The van der Waals surface area contributed by atoms with Crippen LogP contribution < -0.4 is 0 Å². The SMILES string of the molecule is Cc1cc(CN2CCCC[C@H]2c2nnc(C3CCOCC3)o2)c(C)o1. The molecule has 0 amide bonds. The Balaban J connectivity index is 1.50. The van der Waals surface area contributed by atoms with E-state index in [1.54, 1.807) is 0 Å². The third-order valence-corrected chi connectivity index (χ3v) is 5.44. The summed E-state index contributed by atoms with van der Waals surface area (Å²) < 4.78 is 17.2. The van der Waals surface area contributed by atoms with E-state index in [4.69, 9.17) is 13.6 Å². The second kappa shape index (κ2) is 7.30. The highest BCUT2D eigenvalue weighted by Crippen LogP contribution is 2.34. The van der Waals surface area contributed by atoms with Crippen LogP contribution in [-0.2, 0) is 11.3 Å². The van der Waals surface area contributed by atoms with Crippen molar-refractivity contribution in [3.8, 4) is 0 Å². The zero-order valence-corrected chi connectivity index (χ0v) is 15.2. The Bertz CT molecular complexity index is 703. The predicted molar refractivity (Wildman–Crippen MR) is 92.3 cm³/mol. The van der Waals surface area contributed by atoms with Crippen LogP contribution in [0.5, 0.6) is 0 Å². The van der Waals surface area contributed by atoms with Crippen LogP contribution in [0.25, 0.3) is 0 Å². The van der Waals surface area contributed by atoms with Crippen molar-refractivity contribution in [2.45, 2.75) is 64.5 Å². The average Bonchev–Trinajstić information content (AvgIpc) is 3.23.